The van der Waals surface area contributed by atoms with Crippen molar-refractivity contribution in [2.45, 2.75) is 141 Å². The lowest BCUT2D eigenvalue weighted by molar-refractivity contribution is -0.114. The number of nitrogens with zero attached hydrogens (tertiary/aromatic N) is 5. The van der Waals surface area contributed by atoms with Gasteiger partial charge in [-0.15, -0.1) is 0 Å². The van der Waals surface area contributed by atoms with Crippen LogP contribution in [0.15, 0.2) is 90.0 Å². The number of fused-ring (bicyclic) bond motifs is 1. The number of carbonyl (C=O) groups excluding carboxylic acids is 1. The van der Waals surface area contributed by atoms with Crippen molar-refractivity contribution in [3.8, 4) is 17.6 Å². The molecule has 0 aliphatic carbocycles. The third kappa shape index (κ3) is 12.1. The third-order valence-electron chi connectivity index (χ3n) is 13.1. The van der Waals surface area contributed by atoms with Gasteiger partial charge in [0.2, 0.25) is 20.2 Å². The summed E-state index contributed by atoms with van der Waals surface area (Å²) in [4.78, 5) is 37.6. The molecular formula is C52H72N7O10PSi. The van der Waals surface area contributed by atoms with Crippen LogP contribution in [-0.2, 0) is 38.1 Å². The fourth-order valence-electron chi connectivity index (χ4n) is 10.1. The first kappa shape index (κ1) is 55.3. The van der Waals surface area contributed by atoms with Gasteiger partial charge in [0.15, 0.2) is 17.4 Å². The van der Waals surface area contributed by atoms with Crippen molar-refractivity contribution in [3.05, 3.63) is 112 Å². The number of nitriles is 1. The number of H-pyrrole nitrogens is 1. The normalized spacial score (nSPS) is 18.1. The van der Waals surface area contributed by atoms with Crippen LogP contribution in [0.3, 0.4) is 0 Å². The summed E-state index contributed by atoms with van der Waals surface area (Å²) < 4.78 is 57.8. The van der Waals surface area contributed by atoms with Crippen LogP contribution in [0, 0.1) is 11.3 Å². The van der Waals surface area contributed by atoms with Gasteiger partial charge >= 0.3 is 0 Å². The van der Waals surface area contributed by atoms with Crippen molar-refractivity contribution in [1.82, 2.24) is 24.2 Å². The maximum atomic E-state index is 13.6. The number of anilines is 1. The van der Waals surface area contributed by atoms with Gasteiger partial charge in [0.25, 0.3) is 14.1 Å². The molecule has 5 unspecified atom stereocenters. The van der Waals surface area contributed by atoms with Gasteiger partial charge in [0, 0.05) is 19.0 Å². The highest BCUT2D eigenvalue weighted by Gasteiger charge is 2.53. The zero-order chi connectivity index (χ0) is 51.6. The fraction of sp³-hybridized carbons (Fsp3) is 0.519. The Labute approximate surface area is 420 Å². The maximum absolute atomic E-state index is 13.6. The van der Waals surface area contributed by atoms with E-state index in [1.54, 1.807) is 18.8 Å². The van der Waals surface area contributed by atoms with E-state index in [0.717, 1.165) is 16.7 Å². The van der Waals surface area contributed by atoms with Crippen molar-refractivity contribution in [2.24, 2.45) is 0 Å². The number of nitrogens with one attached hydrogen (secondary N) is 2. The van der Waals surface area contributed by atoms with Gasteiger partial charge in [-0.05, 0) is 85.3 Å². The van der Waals surface area contributed by atoms with Crippen molar-refractivity contribution < 1.29 is 42.0 Å². The minimum absolute atomic E-state index is 0.0238. The predicted molar refractivity (Wildman–Crippen MR) is 277 cm³/mol. The number of carbonyl (C=O) groups is 1. The Kier molecular flexibility index (Phi) is 19.1. The molecule has 2 N–H and O–H groups in total. The highest BCUT2D eigenvalue weighted by Crippen LogP contribution is 2.52. The number of hydrogen-bond acceptors (Lipinski definition) is 14. The molecule has 71 heavy (non-hydrogen) atoms. The molecule has 384 valence electrons. The highest BCUT2D eigenvalue weighted by atomic mass is 31.2. The van der Waals surface area contributed by atoms with E-state index in [1.165, 1.54) is 13.3 Å². The SMILES string of the molecule is COc1ccc(C(OCC2OC(n3cnc4c(=O)[nH]c(NC(C)=O)nc43)C(OCO[Si](C(C)C)(C(C)C)C(C)C)C2OP(OCCC#N)N(C(C)C)C(C)C)(c2ccccc2)c2ccc(OC)cc2)cc1. The molecule has 0 bridgehead atoms. The number of rotatable bonds is 25. The average molecular weight is 1010 g/mol. The molecule has 1 aliphatic rings. The van der Waals surface area contributed by atoms with Gasteiger partial charge in [0.05, 0.1) is 46.3 Å². The second kappa shape index (κ2) is 24.6. The number of aromatic nitrogens is 4. The minimum Gasteiger partial charge on any atom is -0.497 e. The van der Waals surface area contributed by atoms with Gasteiger partial charge in [-0.1, -0.05) is 96.1 Å². The van der Waals surface area contributed by atoms with Crippen molar-refractivity contribution in [3.63, 3.8) is 0 Å². The number of benzene rings is 3. The summed E-state index contributed by atoms with van der Waals surface area (Å²) in [5, 5.41) is 12.3. The zero-order valence-corrected chi connectivity index (χ0v) is 45.3. The topological polar surface area (TPSA) is 194 Å². The first-order chi connectivity index (χ1) is 33.9. The van der Waals surface area contributed by atoms with Crippen LogP contribution in [0.2, 0.25) is 16.6 Å². The molecule has 5 atom stereocenters. The van der Waals surface area contributed by atoms with E-state index < -0.39 is 58.5 Å². The van der Waals surface area contributed by atoms with E-state index in [-0.39, 0.29) is 72.2 Å². The molecule has 1 saturated heterocycles. The maximum Gasteiger partial charge on any atom is 0.280 e. The van der Waals surface area contributed by atoms with Crippen LogP contribution >= 0.6 is 8.53 Å². The van der Waals surface area contributed by atoms with Crippen LogP contribution in [0.5, 0.6) is 11.5 Å². The Hall–Kier alpha value is -5.06. The fourth-order valence-corrected chi connectivity index (χ4v) is 17.1. The van der Waals surface area contributed by atoms with Crippen LogP contribution in [-0.4, -0.2) is 103 Å². The van der Waals surface area contributed by atoms with Gasteiger partial charge in [0.1, 0.15) is 42.2 Å². The van der Waals surface area contributed by atoms with Gasteiger partial charge < -0.3 is 37.2 Å². The molecule has 0 spiro atoms. The largest absolute Gasteiger partial charge is 0.497 e. The first-order valence-electron chi connectivity index (χ1n) is 24.3. The monoisotopic (exact) mass is 1010 g/mol. The van der Waals surface area contributed by atoms with Gasteiger partial charge in [-0.25, -0.2) is 9.65 Å². The van der Waals surface area contributed by atoms with E-state index in [9.17, 15) is 14.9 Å². The molecular weight excluding hydrogens is 942 g/mol. The number of imidazole rings is 1. The molecule has 3 aromatic carbocycles. The average Bonchev–Trinajstić information content (AvgIpc) is 3.91. The Morgan fingerprint density at radius 1 is 0.873 bits per heavy atom. The summed E-state index contributed by atoms with van der Waals surface area (Å²) in [6, 6.07) is 27.6. The van der Waals surface area contributed by atoms with E-state index in [4.69, 9.17) is 37.2 Å². The summed E-state index contributed by atoms with van der Waals surface area (Å²) in [6.45, 7) is 22.8. The summed E-state index contributed by atoms with van der Waals surface area (Å²) in [5.41, 5.74) is 1.57. The summed E-state index contributed by atoms with van der Waals surface area (Å²) in [5.74, 6) is 0.867. The second-order valence-electron chi connectivity index (χ2n) is 19.1. The van der Waals surface area contributed by atoms with E-state index in [1.807, 2.05) is 78.9 Å². The van der Waals surface area contributed by atoms with Gasteiger partial charge in [-0.2, -0.15) is 10.2 Å². The molecule has 17 nitrogen and oxygen atoms in total. The second-order valence-corrected chi connectivity index (χ2v) is 26.0. The molecule has 1 aliphatic heterocycles. The Bertz CT molecular complexity index is 2510. The summed E-state index contributed by atoms with van der Waals surface area (Å²) >= 11 is 0. The lowest BCUT2D eigenvalue weighted by Gasteiger charge is -2.42. The number of ether oxygens (including phenoxy) is 5. The highest BCUT2D eigenvalue weighted by molar-refractivity contribution is 7.44. The quantitative estimate of drug-likeness (QED) is 0.0184. The van der Waals surface area contributed by atoms with Crippen molar-refractivity contribution in [2.75, 3.05) is 39.5 Å². The zero-order valence-electron chi connectivity index (χ0n) is 43.4. The number of hydrogen-bond donors (Lipinski definition) is 2. The molecule has 6 rings (SSSR count). The molecule has 19 heteroatoms. The van der Waals surface area contributed by atoms with Crippen molar-refractivity contribution in [1.29, 1.82) is 5.26 Å². The lowest BCUT2D eigenvalue weighted by atomic mass is 9.80. The predicted octanol–water partition coefficient (Wildman–Crippen LogP) is 10.2. The first-order valence-corrected chi connectivity index (χ1v) is 27.6. The van der Waals surface area contributed by atoms with E-state index in [2.05, 4.69) is 100 Å². The van der Waals surface area contributed by atoms with Crippen LogP contribution in [0.1, 0.15) is 106 Å². The number of methoxy groups -OCH3 is 2. The summed E-state index contributed by atoms with van der Waals surface area (Å²) in [7, 11) is -1.14. The number of aromatic amines is 1. The number of amides is 1. The third-order valence-corrected chi connectivity index (χ3v) is 21.2. The van der Waals surface area contributed by atoms with Crippen LogP contribution in [0.25, 0.3) is 11.2 Å². The molecule has 1 fully saturated rings. The molecule has 2 aromatic heterocycles. The lowest BCUT2D eigenvalue weighted by Crippen LogP contribution is -2.49. The van der Waals surface area contributed by atoms with Crippen LogP contribution in [0.4, 0.5) is 5.95 Å². The molecule has 0 radical (unpaired) electrons. The van der Waals surface area contributed by atoms with Crippen molar-refractivity contribution >= 4 is 39.9 Å². The molecule has 1 amide bonds. The molecule has 5 aromatic rings. The van der Waals surface area contributed by atoms with Crippen LogP contribution < -0.4 is 20.3 Å². The Morgan fingerprint density at radius 3 is 1.94 bits per heavy atom. The van der Waals surface area contributed by atoms with E-state index in [0.29, 0.717) is 11.5 Å². The molecule has 3 heterocycles. The van der Waals surface area contributed by atoms with E-state index >= 15 is 0 Å². The standard InChI is InChI=1S/C52H72N7O10PSi/c1-33(2)59(34(3)4)70(66-29-17-28-53)69-46-44(30-65-52(39-18-15-14-16-19-39,40-20-24-42(62-12)25-21-40)41-22-26-43(63-13)27-23-41)68-50(47(46)64-32-67-71(35(5)6,36(7)8)37(9)10)58-31-54-45-48(58)56-51(55-38(11)60)57-49(45)61/h14-16,18-27,31,33-37,44,46-47,50H,17,29-30,32H2,1-13H3,(H2,55,56,57,60,61). The smallest absolute Gasteiger partial charge is 0.280 e. The molecule has 0 saturated carbocycles. The van der Waals surface area contributed by atoms with Gasteiger partial charge in [-0.3, -0.25) is 24.5 Å². The summed E-state index contributed by atoms with van der Waals surface area (Å²) in [6.07, 6.45) is -2.25. The Balaban J connectivity index is 1.58. The Morgan fingerprint density at radius 2 is 1.44 bits per heavy atom. The minimum atomic E-state index is -2.49.